The lowest BCUT2D eigenvalue weighted by atomic mass is 10.2. The summed E-state index contributed by atoms with van der Waals surface area (Å²) in [5, 5.41) is 28.0. The Morgan fingerprint density at radius 1 is 1.43 bits per heavy atom. The Balaban J connectivity index is 1.95. The maximum Gasteiger partial charge on any atom is 0.191 e. The molecule has 116 valence electrons. The van der Waals surface area contributed by atoms with Crippen LogP contribution < -0.4 is 0 Å². The number of rotatable bonds is 4. The van der Waals surface area contributed by atoms with Crippen molar-refractivity contribution >= 4 is 28.4 Å². The summed E-state index contributed by atoms with van der Waals surface area (Å²) in [6.45, 7) is 1.80. The van der Waals surface area contributed by atoms with Gasteiger partial charge in [0.25, 0.3) is 0 Å². The summed E-state index contributed by atoms with van der Waals surface area (Å²) < 4.78 is 1.75. The van der Waals surface area contributed by atoms with Gasteiger partial charge in [0.1, 0.15) is 23.7 Å². The quantitative estimate of drug-likeness (QED) is 0.434. The second-order valence-corrected chi connectivity index (χ2v) is 6.27. The number of H-pyrrole nitrogens is 1. The largest absolute Gasteiger partial charge is 0.510 e. The SMILES string of the molecule is CC(Sc1nncn1C)/C(O)=C(/C#N)c1nc2ccccc2[nH]1. The highest BCUT2D eigenvalue weighted by Crippen LogP contribution is 2.29. The van der Waals surface area contributed by atoms with Crippen molar-refractivity contribution in [2.45, 2.75) is 17.3 Å². The first-order chi connectivity index (χ1) is 11.1. The van der Waals surface area contributed by atoms with Crippen LogP contribution in [0.15, 0.2) is 41.5 Å². The van der Waals surface area contributed by atoms with E-state index in [1.807, 2.05) is 37.4 Å². The lowest BCUT2D eigenvalue weighted by Gasteiger charge is -2.10. The second kappa shape index (κ2) is 6.14. The molecule has 0 amide bonds. The highest BCUT2D eigenvalue weighted by atomic mass is 32.2. The van der Waals surface area contributed by atoms with E-state index < -0.39 is 0 Å². The Hall–Kier alpha value is -2.79. The molecule has 23 heavy (non-hydrogen) atoms. The number of hydrogen-bond acceptors (Lipinski definition) is 6. The van der Waals surface area contributed by atoms with E-state index in [4.69, 9.17) is 0 Å². The molecule has 0 saturated carbocycles. The molecule has 0 aliphatic heterocycles. The number of nitriles is 1. The maximum atomic E-state index is 10.5. The molecule has 1 unspecified atom stereocenters. The van der Waals surface area contributed by atoms with Crippen molar-refractivity contribution in [2.24, 2.45) is 7.05 Å². The molecule has 3 aromatic rings. The van der Waals surface area contributed by atoms with E-state index in [9.17, 15) is 10.4 Å². The zero-order chi connectivity index (χ0) is 16.4. The average molecular weight is 326 g/mol. The summed E-state index contributed by atoms with van der Waals surface area (Å²) in [7, 11) is 1.82. The molecule has 1 aromatic carbocycles. The number of fused-ring (bicyclic) bond motifs is 1. The van der Waals surface area contributed by atoms with Crippen molar-refractivity contribution in [1.29, 1.82) is 5.26 Å². The maximum absolute atomic E-state index is 10.5. The molecule has 1 atom stereocenters. The van der Waals surface area contributed by atoms with Crippen LogP contribution >= 0.6 is 11.8 Å². The normalized spacial score (nSPS) is 13.6. The predicted octanol–water partition coefficient (Wildman–Crippen LogP) is 2.66. The zero-order valence-corrected chi connectivity index (χ0v) is 13.4. The van der Waals surface area contributed by atoms with Crippen LogP contribution in [0.4, 0.5) is 0 Å². The number of imidazole rings is 1. The average Bonchev–Trinajstić information content (AvgIpc) is 3.14. The number of aryl methyl sites for hydroxylation is 1. The standard InChI is InChI=1S/C15H14N6OS/c1-9(23-15-20-17-8-21(15)2)13(22)10(7-16)14-18-11-5-3-4-6-12(11)19-14/h3-6,8-9,22H,1-2H3,(H,18,19)/b13-10+. The van der Waals surface area contributed by atoms with Gasteiger partial charge in [-0.2, -0.15) is 5.26 Å². The second-order valence-electron chi connectivity index (χ2n) is 4.96. The van der Waals surface area contributed by atoms with Gasteiger partial charge in [0.15, 0.2) is 11.0 Å². The van der Waals surface area contributed by atoms with Crippen LogP contribution in [-0.2, 0) is 7.05 Å². The van der Waals surface area contributed by atoms with E-state index in [0.29, 0.717) is 11.0 Å². The number of nitrogens with one attached hydrogen (secondary N) is 1. The van der Waals surface area contributed by atoms with Crippen LogP contribution in [0.25, 0.3) is 16.6 Å². The number of allylic oxidation sites excluding steroid dienone is 1. The first kappa shape index (κ1) is 15.1. The Kier molecular flexibility index (Phi) is 4.04. The third-order valence-corrected chi connectivity index (χ3v) is 4.49. The smallest absolute Gasteiger partial charge is 0.191 e. The predicted molar refractivity (Wildman–Crippen MR) is 87.6 cm³/mol. The highest BCUT2D eigenvalue weighted by Gasteiger charge is 2.20. The summed E-state index contributed by atoms with van der Waals surface area (Å²) in [4.78, 5) is 7.42. The molecule has 0 radical (unpaired) electrons. The lowest BCUT2D eigenvalue weighted by molar-refractivity contribution is 0.401. The number of aliphatic hydroxyl groups is 1. The number of hydrogen-bond donors (Lipinski definition) is 2. The number of thioether (sulfide) groups is 1. The first-order valence-corrected chi connectivity index (χ1v) is 7.77. The van der Waals surface area contributed by atoms with Crippen molar-refractivity contribution in [3.63, 3.8) is 0 Å². The van der Waals surface area contributed by atoms with Crippen molar-refractivity contribution < 1.29 is 5.11 Å². The van der Waals surface area contributed by atoms with Crippen molar-refractivity contribution in [3.05, 3.63) is 42.2 Å². The third-order valence-electron chi connectivity index (χ3n) is 3.33. The topological polar surface area (TPSA) is 103 Å². The molecule has 2 heterocycles. The minimum absolute atomic E-state index is 0.0421. The van der Waals surface area contributed by atoms with E-state index in [2.05, 4.69) is 20.2 Å². The first-order valence-electron chi connectivity index (χ1n) is 6.89. The van der Waals surface area contributed by atoms with E-state index in [0.717, 1.165) is 11.0 Å². The van der Waals surface area contributed by atoms with E-state index in [1.54, 1.807) is 17.8 Å². The molecule has 0 spiro atoms. The number of aromatic amines is 1. The van der Waals surface area contributed by atoms with Gasteiger partial charge >= 0.3 is 0 Å². The molecule has 0 saturated heterocycles. The van der Waals surface area contributed by atoms with Crippen LogP contribution in [0.1, 0.15) is 12.7 Å². The number of benzene rings is 1. The number of para-hydroxylation sites is 2. The molecule has 0 aliphatic rings. The number of nitrogens with zero attached hydrogens (tertiary/aromatic N) is 5. The molecule has 2 N–H and O–H groups in total. The Bertz CT molecular complexity index is 886. The highest BCUT2D eigenvalue weighted by molar-refractivity contribution is 7.99. The minimum atomic E-state index is -0.360. The zero-order valence-electron chi connectivity index (χ0n) is 12.6. The van der Waals surface area contributed by atoms with Gasteiger partial charge in [-0.05, 0) is 19.1 Å². The van der Waals surface area contributed by atoms with Gasteiger partial charge < -0.3 is 14.7 Å². The molecule has 0 aliphatic carbocycles. The lowest BCUT2D eigenvalue weighted by Crippen LogP contribution is -2.06. The summed E-state index contributed by atoms with van der Waals surface area (Å²) >= 11 is 1.32. The minimum Gasteiger partial charge on any atom is -0.510 e. The molecule has 3 rings (SSSR count). The summed E-state index contributed by atoms with van der Waals surface area (Å²) in [6, 6.07) is 9.50. The monoisotopic (exact) mass is 326 g/mol. The van der Waals surface area contributed by atoms with Crippen LogP contribution in [0.2, 0.25) is 0 Å². The van der Waals surface area contributed by atoms with Crippen molar-refractivity contribution in [2.75, 3.05) is 0 Å². The molecular weight excluding hydrogens is 312 g/mol. The van der Waals surface area contributed by atoms with Gasteiger partial charge in [-0.25, -0.2) is 4.98 Å². The molecule has 0 bridgehead atoms. The summed E-state index contributed by atoms with van der Waals surface area (Å²) in [5.74, 6) is 0.316. The Labute approximate surface area is 136 Å². The van der Waals surface area contributed by atoms with Crippen LogP contribution in [0.5, 0.6) is 0 Å². The van der Waals surface area contributed by atoms with Gasteiger partial charge in [0.05, 0.1) is 16.3 Å². The summed E-state index contributed by atoms with van der Waals surface area (Å²) in [5.41, 5.74) is 1.69. The van der Waals surface area contributed by atoms with Gasteiger partial charge in [-0.1, -0.05) is 23.9 Å². The van der Waals surface area contributed by atoms with E-state index in [-0.39, 0.29) is 16.6 Å². The summed E-state index contributed by atoms with van der Waals surface area (Å²) in [6.07, 6.45) is 1.58. The Morgan fingerprint density at radius 3 is 2.87 bits per heavy atom. The molecule has 8 heteroatoms. The van der Waals surface area contributed by atoms with E-state index in [1.165, 1.54) is 11.8 Å². The van der Waals surface area contributed by atoms with Crippen LogP contribution in [-0.4, -0.2) is 35.1 Å². The fourth-order valence-electron chi connectivity index (χ4n) is 2.10. The van der Waals surface area contributed by atoms with Crippen LogP contribution in [0, 0.1) is 11.3 Å². The molecule has 0 fully saturated rings. The number of aromatic nitrogens is 5. The van der Waals surface area contributed by atoms with Gasteiger partial charge in [0.2, 0.25) is 0 Å². The number of aliphatic hydroxyl groups excluding tert-OH is 1. The Morgan fingerprint density at radius 2 is 2.22 bits per heavy atom. The van der Waals surface area contributed by atoms with Gasteiger partial charge in [0, 0.05) is 7.05 Å². The van der Waals surface area contributed by atoms with Gasteiger partial charge in [-0.15, -0.1) is 10.2 Å². The molecular formula is C15H14N6OS. The van der Waals surface area contributed by atoms with Crippen LogP contribution in [0.3, 0.4) is 0 Å². The van der Waals surface area contributed by atoms with Crippen molar-refractivity contribution in [1.82, 2.24) is 24.7 Å². The third kappa shape index (κ3) is 2.91. The fourth-order valence-corrected chi connectivity index (χ4v) is 2.95. The molecule has 2 aromatic heterocycles. The van der Waals surface area contributed by atoms with Gasteiger partial charge in [-0.3, -0.25) is 0 Å². The molecule has 7 nitrogen and oxygen atoms in total. The van der Waals surface area contributed by atoms with E-state index >= 15 is 0 Å². The fraction of sp³-hybridized carbons (Fsp3) is 0.200. The van der Waals surface area contributed by atoms with Crippen molar-refractivity contribution in [3.8, 4) is 6.07 Å².